The zero-order chi connectivity index (χ0) is 14.0. The molecule has 0 saturated heterocycles. The molecule has 0 saturated carbocycles. The SMILES string of the molecule is CCCc1nn(C)c2c1[nH]c(=S)n2CCNC(C)=O. The number of nitrogens with zero attached hydrogens (tertiary/aromatic N) is 3. The lowest BCUT2D eigenvalue weighted by Crippen LogP contribution is -2.24. The quantitative estimate of drug-likeness (QED) is 0.817. The lowest BCUT2D eigenvalue weighted by molar-refractivity contribution is -0.118. The van der Waals surface area contributed by atoms with Crippen LogP contribution in [-0.2, 0) is 24.8 Å². The zero-order valence-electron chi connectivity index (χ0n) is 11.5. The van der Waals surface area contributed by atoms with Crippen molar-refractivity contribution in [2.75, 3.05) is 6.54 Å². The van der Waals surface area contributed by atoms with E-state index in [4.69, 9.17) is 12.2 Å². The van der Waals surface area contributed by atoms with Gasteiger partial charge in [0.15, 0.2) is 10.4 Å². The predicted molar refractivity (Wildman–Crippen MR) is 76.6 cm³/mol. The average Bonchev–Trinajstić information content (AvgIpc) is 2.79. The largest absolute Gasteiger partial charge is 0.355 e. The van der Waals surface area contributed by atoms with Gasteiger partial charge in [-0.3, -0.25) is 14.0 Å². The van der Waals surface area contributed by atoms with Crippen molar-refractivity contribution in [2.45, 2.75) is 33.2 Å². The molecule has 0 bridgehead atoms. The van der Waals surface area contributed by atoms with Crippen molar-refractivity contribution in [3.63, 3.8) is 0 Å². The molecular formula is C12H19N5OS. The van der Waals surface area contributed by atoms with Crippen molar-refractivity contribution in [1.29, 1.82) is 0 Å². The Balaban J connectivity index is 2.35. The van der Waals surface area contributed by atoms with Crippen molar-refractivity contribution >= 4 is 29.3 Å². The molecule has 0 unspecified atom stereocenters. The highest BCUT2D eigenvalue weighted by atomic mass is 32.1. The van der Waals surface area contributed by atoms with Crippen LogP contribution in [0.15, 0.2) is 0 Å². The van der Waals surface area contributed by atoms with Gasteiger partial charge in [-0.15, -0.1) is 0 Å². The maximum absolute atomic E-state index is 10.9. The van der Waals surface area contributed by atoms with Gasteiger partial charge in [0.2, 0.25) is 5.91 Å². The van der Waals surface area contributed by atoms with Crippen molar-refractivity contribution in [2.24, 2.45) is 7.05 Å². The van der Waals surface area contributed by atoms with Gasteiger partial charge in [-0.25, -0.2) is 0 Å². The maximum Gasteiger partial charge on any atom is 0.216 e. The lowest BCUT2D eigenvalue weighted by atomic mass is 10.2. The van der Waals surface area contributed by atoms with Crippen LogP contribution < -0.4 is 5.32 Å². The number of fused-ring (bicyclic) bond motifs is 1. The number of aromatic amines is 1. The number of rotatable bonds is 5. The van der Waals surface area contributed by atoms with E-state index in [2.05, 4.69) is 22.3 Å². The van der Waals surface area contributed by atoms with Crippen LogP contribution in [0.4, 0.5) is 0 Å². The Hall–Kier alpha value is -1.63. The normalized spacial score (nSPS) is 11.1. The summed E-state index contributed by atoms with van der Waals surface area (Å²) >= 11 is 5.34. The molecule has 0 spiro atoms. The van der Waals surface area contributed by atoms with E-state index in [1.807, 2.05) is 16.3 Å². The van der Waals surface area contributed by atoms with E-state index in [1.54, 1.807) is 0 Å². The van der Waals surface area contributed by atoms with E-state index in [-0.39, 0.29) is 5.91 Å². The van der Waals surface area contributed by atoms with Crippen molar-refractivity contribution in [1.82, 2.24) is 24.6 Å². The van der Waals surface area contributed by atoms with Gasteiger partial charge in [-0.1, -0.05) is 13.3 Å². The smallest absolute Gasteiger partial charge is 0.216 e. The average molecular weight is 281 g/mol. The lowest BCUT2D eigenvalue weighted by Gasteiger charge is -2.05. The van der Waals surface area contributed by atoms with E-state index in [9.17, 15) is 4.79 Å². The number of H-pyrrole nitrogens is 1. The Kier molecular flexibility index (Phi) is 4.04. The molecule has 0 radical (unpaired) electrons. The van der Waals surface area contributed by atoms with Crippen LogP contribution in [0.1, 0.15) is 26.0 Å². The number of carbonyl (C=O) groups excluding carboxylic acids is 1. The Morgan fingerprint density at radius 3 is 2.89 bits per heavy atom. The van der Waals surface area contributed by atoms with E-state index in [0.717, 1.165) is 29.7 Å². The summed E-state index contributed by atoms with van der Waals surface area (Å²) in [4.78, 5) is 14.1. The minimum Gasteiger partial charge on any atom is -0.355 e. The first-order valence-electron chi connectivity index (χ1n) is 6.43. The number of hydrogen-bond acceptors (Lipinski definition) is 3. The van der Waals surface area contributed by atoms with Crippen LogP contribution in [0, 0.1) is 4.77 Å². The molecule has 0 aliphatic carbocycles. The highest BCUT2D eigenvalue weighted by molar-refractivity contribution is 7.71. The number of hydrogen-bond donors (Lipinski definition) is 2. The molecule has 2 heterocycles. The summed E-state index contributed by atoms with van der Waals surface area (Å²) in [5.74, 6) is -0.0324. The fraction of sp³-hybridized carbons (Fsp3) is 0.583. The third kappa shape index (κ3) is 2.70. The van der Waals surface area contributed by atoms with Crippen LogP contribution in [-0.4, -0.2) is 31.8 Å². The van der Waals surface area contributed by atoms with Crippen molar-refractivity contribution in [3.8, 4) is 0 Å². The first-order valence-corrected chi connectivity index (χ1v) is 6.84. The van der Waals surface area contributed by atoms with Gasteiger partial charge in [-0.2, -0.15) is 5.10 Å². The standard InChI is InChI=1S/C12H19N5OS/c1-4-5-9-10-11(16(3)15-9)17(12(19)14-10)7-6-13-8(2)18/h4-7H2,1-3H3,(H,13,18)(H,14,19). The van der Waals surface area contributed by atoms with Crippen molar-refractivity contribution < 1.29 is 4.79 Å². The number of imidazole rings is 1. The third-order valence-corrected chi connectivity index (χ3v) is 3.34. The topological polar surface area (TPSA) is 67.6 Å². The maximum atomic E-state index is 10.9. The highest BCUT2D eigenvalue weighted by Crippen LogP contribution is 2.18. The van der Waals surface area contributed by atoms with Gasteiger partial charge < -0.3 is 10.3 Å². The van der Waals surface area contributed by atoms with E-state index < -0.39 is 0 Å². The van der Waals surface area contributed by atoms with E-state index in [0.29, 0.717) is 17.9 Å². The van der Waals surface area contributed by atoms with Crippen molar-refractivity contribution in [3.05, 3.63) is 10.5 Å². The van der Waals surface area contributed by atoms with E-state index in [1.165, 1.54) is 6.92 Å². The molecule has 2 rings (SSSR count). The van der Waals surface area contributed by atoms with Crippen LogP contribution in [0.3, 0.4) is 0 Å². The fourth-order valence-corrected chi connectivity index (χ4v) is 2.52. The summed E-state index contributed by atoms with van der Waals surface area (Å²) < 4.78 is 4.50. The molecule has 7 heteroatoms. The van der Waals surface area contributed by atoms with Crippen LogP contribution in [0.25, 0.3) is 11.2 Å². The summed E-state index contributed by atoms with van der Waals surface area (Å²) in [7, 11) is 1.92. The van der Waals surface area contributed by atoms with Gasteiger partial charge in [0.1, 0.15) is 5.52 Å². The van der Waals surface area contributed by atoms with Gasteiger partial charge in [0.25, 0.3) is 0 Å². The third-order valence-electron chi connectivity index (χ3n) is 3.02. The minimum atomic E-state index is -0.0324. The summed E-state index contributed by atoms with van der Waals surface area (Å²) in [5, 5.41) is 7.29. The second-order valence-electron chi connectivity index (χ2n) is 4.58. The summed E-state index contributed by atoms with van der Waals surface area (Å²) in [6.07, 6.45) is 1.97. The summed E-state index contributed by atoms with van der Waals surface area (Å²) in [5.41, 5.74) is 3.04. The Bertz CT molecular complexity index is 651. The molecule has 104 valence electrons. The molecule has 19 heavy (non-hydrogen) atoms. The zero-order valence-corrected chi connectivity index (χ0v) is 12.3. The number of aryl methyl sites for hydroxylation is 2. The molecule has 0 aliphatic rings. The first-order chi connectivity index (χ1) is 9.04. The fourth-order valence-electron chi connectivity index (χ4n) is 2.24. The monoisotopic (exact) mass is 281 g/mol. The number of amides is 1. The molecule has 0 fully saturated rings. The van der Waals surface area contributed by atoms with E-state index >= 15 is 0 Å². The van der Waals surface area contributed by atoms with Gasteiger partial charge in [-0.05, 0) is 18.6 Å². The van der Waals surface area contributed by atoms with Crippen LogP contribution in [0.2, 0.25) is 0 Å². The molecule has 2 aromatic heterocycles. The van der Waals surface area contributed by atoms with Crippen LogP contribution >= 0.6 is 12.2 Å². The molecule has 6 nitrogen and oxygen atoms in total. The molecule has 1 amide bonds. The summed E-state index contributed by atoms with van der Waals surface area (Å²) in [6.45, 7) is 4.84. The predicted octanol–water partition coefficient (Wildman–Crippen LogP) is 1.52. The Labute approximate surface area is 116 Å². The second-order valence-corrected chi connectivity index (χ2v) is 4.97. The number of carbonyl (C=O) groups is 1. The summed E-state index contributed by atoms with van der Waals surface area (Å²) in [6, 6.07) is 0. The van der Waals surface area contributed by atoms with Crippen LogP contribution in [0.5, 0.6) is 0 Å². The molecule has 0 atom stereocenters. The number of nitrogens with one attached hydrogen (secondary N) is 2. The van der Waals surface area contributed by atoms with Gasteiger partial charge in [0, 0.05) is 27.1 Å². The van der Waals surface area contributed by atoms with Gasteiger partial charge in [0.05, 0.1) is 5.69 Å². The molecule has 0 aromatic carbocycles. The highest BCUT2D eigenvalue weighted by Gasteiger charge is 2.14. The molecular weight excluding hydrogens is 262 g/mol. The Morgan fingerprint density at radius 1 is 1.53 bits per heavy atom. The second kappa shape index (κ2) is 5.56. The molecule has 2 aromatic rings. The molecule has 2 N–H and O–H groups in total. The minimum absolute atomic E-state index is 0.0324. The molecule has 0 aliphatic heterocycles. The number of aromatic nitrogens is 4. The first kappa shape index (κ1) is 13.8. The van der Waals surface area contributed by atoms with Gasteiger partial charge >= 0.3 is 0 Å². The Morgan fingerprint density at radius 2 is 2.26 bits per heavy atom.